The average molecular weight is 532 g/mol. The van der Waals surface area contributed by atoms with Gasteiger partial charge in [-0.1, -0.05) is 72.8 Å². The van der Waals surface area contributed by atoms with E-state index in [1.165, 1.54) is 0 Å². The van der Waals surface area contributed by atoms with Gasteiger partial charge in [-0.15, -0.1) is 0 Å². The highest BCUT2D eigenvalue weighted by Crippen LogP contribution is 2.17. The molecule has 1 unspecified atom stereocenters. The third-order valence-corrected chi connectivity index (χ3v) is 5.99. The summed E-state index contributed by atoms with van der Waals surface area (Å²) in [6, 6.07) is 24.3. The van der Waals surface area contributed by atoms with Gasteiger partial charge in [-0.05, 0) is 56.5 Å². The van der Waals surface area contributed by atoms with Crippen LogP contribution in [0.15, 0.2) is 84.9 Å². The van der Waals surface area contributed by atoms with Crippen LogP contribution in [0.5, 0.6) is 5.75 Å². The van der Waals surface area contributed by atoms with Crippen LogP contribution < -0.4 is 16.0 Å². The zero-order valence-electron chi connectivity index (χ0n) is 22.9. The number of rotatable bonds is 10. The lowest BCUT2D eigenvalue weighted by atomic mass is 9.91. The summed E-state index contributed by atoms with van der Waals surface area (Å²) in [5.41, 5.74) is 0.343. The minimum absolute atomic E-state index is 0.134. The van der Waals surface area contributed by atoms with Gasteiger partial charge in [0.2, 0.25) is 11.8 Å². The van der Waals surface area contributed by atoms with Gasteiger partial charge in [0.05, 0.1) is 0 Å². The molecule has 206 valence electrons. The standard InChI is InChI=1S/C31H37N3O5/c1-30(2,3)39-29(38)34-31(4,20-23-13-9-6-10-14-23)28(37)33-26(19-22-11-7-5-8-12-22)27(36)32-21-24-15-17-25(35)18-16-24/h5-18,26,35H,19-21H2,1-4H3,(H,32,36)(H,33,37)(H,34,38)/t26?,31-/m0/s1. The third-order valence-electron chi connectivity index (χ3n) is 5.99. The fourth-order valence-corrected chi connectivity index (χ4v) is 4.02. The number of hydrogen-bond acceptors (Lipinski definition) is 5. The number of phenols is 1. The first kappa shape index (κ1) is 29.2. The lowest BCUT2D eigenvalue weighted by Gasteiger charge is -2.32. The van der Waals surface area contributed by atoms with Gasteiger partial charge < -0.3 is 25.8 Å². The number of aromatic hydroxyl groups is 1. The van der Waals surface area contributed by atoms with E-state index >= 15 is 0 Å². The molecule has 0 radical (unpaired) electrons. The fraction of sp³-hybridized carbons (Fsp3) is 0.323. The quantitative estimate of drug-likeness (QED) is 0.312. The number of carbonyl (C=O) groups excluding carboxylic acids is 3. The second kappa shape index (κ2) is 13.0. The molecule has 0 aliphatic heterocycles. The number of amides is 3. The van der Waals surface area contributed by atoms with Crippen LogP contribution >= 0.6 is 0 Å². The van der Waals surface area contributed by atoms with Crippen molar-refractivity contribution in [3.8, 4) is 5.75 Å². The second-order valence-electron chi connectivity index (χ2n) is 10.7. The Balaban J connectivity index is 1.83. The minimum Gasteiger partial charge on any atom is -0.508 e. The Hall–Kier alpha value is -4.33. The highest BCUT2D eigenvalue weighted by molar-refractivity contribution is 5.94. The number of phenolic OH excluding ortho intramolecular Hbond substituents is 1. The number of ether oxygens (including phenoxy) is 1. The summed E-state index contributed by atoms with van der Waals surface area (Å²) in [6.07, 6.45) is -0.291. The Morgan fingerprint density at radius 2 is 1.36 bits per heavy atom. The molecule has 3 aromatic carbocycles. The largest absolute Gasteiger partial charge is 0.508 e. The summed E-state index contributed by atoms with van der Waals surface area (Å²) in [5, 5.41) is 18.0. The van der Waals surface area contributed by atoms with E-state index in [9.17, 15) is 19.5 Å². The van der Waals surface area contributed by atoms with Gasteiger partial charge in [0.1, 0.15) is 22.9 Å². The topological polar surface area (TPSA) is 117 Å². The van der Waals surface area contributed by atoms with Crippen molar-refractivity contribution in [2.45, 2.75) is 64.3 Å². The van der Waals surface area contributed by atoms with Gasteiger partial charge in [0, 0.05) is 19.4 Å². The number of nitrogens with one attached hydrogen (secondary N) is 3. The summed E-state index contributed by atoms with van der Waals surface area (Å²) in [5.74, 6) is -0.757. The summed E-state index contributed by atoms with van der Waals surface area (Å²) < 4.78 is 5.44. The first-order chi connectivity index (χ1) is 18.4. The first-order valence-electron chi connectivity index (χ1n) is 12.9. The van der Waals surface area contributed by atoms with Crippen LogP contribution in [0.3, 0.4) is 0 Å². The zero-order valence-corrected chi connectivity index (χ0v) is 22.9. The molecule has 8 heteroatoms. The molecule has 0 saturated heterocycles. The lowest BCUT2D eigenvalue weighted by Crippen LogP contribution is -2.62. The predicted molar refractivity (Wildman–Crippen MR) is 150 cm³/mol. The van der Waals surface area contributed by atoms with Crippen LogP contribution in [-0.4, -0.2) is 40.2 Å². The molecule has 2 atom stereocenters. The van der Waals surface area contributed by atoms with E-state index in [2.05, 4.69) is 16.0 Å². The van der Waals surface area contributed by atoms with Crippen molar-refractivity contribution in [2.75, 3.05) is 0 Å². The van der Waals surface area contributed by atoms with E-state index in [-0.39, 0.29) is 31.0 Å². The molecular formula is C31H37N3O5. The summed E-state index contributed by atoms with van der Waals surface area (Å²) in [6.45, 7) is 7.07. The molecule has 4 N–H and O–H groups in total. The van der Waals surface area contributed by atoms with E-state index in [0.29, 0.717) is 0 Å². The maximum Gasteiger partial charge on any atom is 0.408 e. The van der Waals surface area contributed by atoms with E-state index in [0.717, 1.165) is 16.7 Å². The molecular weight excluding hydrogens is 494 g/mol. The van der Waals surface area contributed by atoms with Crippen LogP contribution in [-0.2, 0) is 33.7 Å². The molecule has 0 aliphatic rings. The maximum atomic E-state index is 13.8. The number of alkyl carbamates (subject to hydrolysis) is 1. The molecule has 0 heterocycles. The summed E-state index contributed by atoms with van der Waals surface area (Å²) in [7, 11) is 0. The number of hydrogen-bond donors (Lipinski definition) is 4. The molecule has 0 saturated carbocycles. The third kappa shape index (κ3) is 9.48. The van der Waals surface area contributed by atoms with Crippen molar-refractivity contribution in [3.63, 3.8) is 0 Å². The van der Waals surface area contributed by atoms with Gasteiger partial charge in [-0.25, -0.2) is 4.79 Å². The van der Waals surface area contributed by atoms with E-state index < -0.39 is 29.2 Å². The Bertz CT molecular complexity index is 1240. The fourth-order valence-electron chi connectivity index (χ4n) is 4.02. The molecule has 39 heavy (non-hydrogen) atoms. The molecule has 3 amide bonds. The zero-order chi connectivity index (χ0) is 28.5. The van der Waals surface area contributed by atoms with E-state index in [4.69, 9.17) is 4.74 Å². The van der Waals surface area contributed by atoms with Gasteiger partial charge in [-0.3, -0.25) is 9.59 Å². The highest BCUT2D eigenvalue weighted by atomic mass is 16.6. The highest BCUT2D eigenvalue weighted by Gasteiger charge is 2.38. The molecule has 0 aliphatic carbocycles. The van der Waals surface area contributed by atoms with Crippen LogP contribution in [0, 0.1) is 0 Å². The SMILES string of the molecule is CC(C)(C)OC(=O)N[C@@](C)(Cc1ccccc1)C(=O)NC(Cc1ccccc1)C(=O)NCc1ccc(O)cc1. The normalized spacial score (nSPS) is 13.4. The van der Waals surface area contributed by atoms with Crippen molar-refractivity contribution in [3.05, 3.63) is 102 Å². The molecule has 0 spiro atoms. The molecule has 0 aromatic heterocycles. The molecule has 0 fully saturated rings. The van der Waals surface area contributed by atoms with Crippen molar-refractivity contribution in [1.82, 2.24) is 16.0 Å². The Morgan fingerprint density at radius 1 is 0.795 bits per heavy atom. The monoisotopic (exact) mass is 531 g/mol. The molecule has 0 bridgehead atoms. The number of benzene rings is 3. The van der Waals surface area contributed by atoms with Crippen LogP contribution in [0.25, 0.3) is 0 Å². The Morgan fingerprint density at radius 3 is 1.92 bits per heavy atom. The summed E-state index contributed by atoms with van der Waals surface area (Å²) >= 11 is 0. The average Bonchev–Trinajstić information content (AvgIpc) is 2.87. The molecule has 3 aromatic rings. The summed E-state index contributed by atoms with van der Waals surface area (Å²) in [4.78, 5) is 39.9. The van der Waals surface area contributed by atoms with Crippen LogP contribution in [0.4, 0.5) is 4.79 Å². The van der Waals surface area contributed by atoms with Crippen LogP contribution in [0.2, 0.25) is 0 Å². The van der Waals surface area contributed by atoms with Crippen LogP contribution in [0.1, 0.15) is 44.4 Å². The second-order valence-corrected chi connectivity index (χ2v) is 10.7. The Kier molecular flexibility index (Phi) is 9.71. The minimum atomic E-state index is -1.41. The van der Waals surface area contributed by atoms with Gasteiger partial charge in [0.25, 0.3) is 0 Å². The van der Waals surface area contributed by atoms with Crippen molar-refractivity contribution < 1.29 is 24.2 Å². The van der Waals surface area contributed by atoms with E-state index in [1.54, 1.807) is 52.0 Å². The van der Waals surface area contributed by atoms with Crippen molar-refractivity contribution >= 4 is 17.9 Å². The molecule has 3 rings (SSSR count). The van der Waals surface area contributed by atoms with E-state index in [1.807, 2.05) is 60.7 Å². The lowest BCUT2D eigenvalue weighted by molar-refractivity contribution is -0.132. The maximum absolute atomic E-state index is 13.8. The van der Waals surface area contributed by atoms with Gasteiger partial charge in [0.15, 0.2) is 0 Å². The number of carbonyl (C=O) groups is 3. The Labute approximate surface area is 229 Å². The first-order valence-corrected chi connectivity index (χ1v) is 12.9. The van der Waals surface area contributed by atoms with Crippen molar-refractivity contribution in [2.24, 2.45) is 0 Å². The predicted octanol–water partition coefficient (Wildman–Crippen LogP) is 4.26. The van der Waals surface area contributed by atoms with Gasteiger partial charge in [-0.2, -0.15) is 0 Å². The van der Waals surface area contributed by atoms with Gasteiger partial charge >= 0.3 is 6.09 Å². The molecule has 8 nitrogen and oxygen atoms in total. The smallest absolute Gasteiger partial charge is 0.408 e. The van der Waals surface area contributed by atoms with Crippen molar-refractivity contribution in [1.29, 1.82) is 0 Å².